The number of rotatable bonds is 4. The normalized spacial score (nSPS) is 23.8. The quantitative estimate of drug-likeness (QED) is 0.495. The van der Waals surface area contributed by atoms with Crippen molar-refractivity contribution in [2.45, 2.75) is 58.7 Å². The highest BCUT2D eigenvalue weighted by molar-refractivity contribution is 5.71. The zero-order valence-corrected chi connectivity index (χ0v) is 15.3. The maximum Gasteiger partial charge on any atom is 0.310 e. The first kappa shape index (κ1) is 21.0. The number of aliphatic imine (C=N–C) groups is 1. The van der Waals surface area contributed by atoms with E-state index < -0.39 is 11.7 Å². The minimum absolute atomic E-state index is 0.0617. The molecule has 1 aliphatic rings. The molecule has 7 heteroatoms. The van der Waals surface area contributed by atoms with Gasteiger partial charge in [-0.1, -0.05) is 19.8 Å². The fourth-order valence-electron chi connectivity index (χ4n) is 2.23. The molecule has 3 N–H and O–H groups in total. The molecule has 1 fully saturated rings. The van der Waals surface area contributed by atoms with E-state index in [9.17, 15) is 4.39 Å². The third-order valence-electron chi connectivity index (χ3n) is 4.06. The van der Waals surface area contributed by atoms with Crippen molar-refractivity contribution in [3.63, 3.8) is 0 Å². The van der Waals surface area contributed by atoms with Crippen LogP contribution in [0.25, 0.3) is 0 Å². The van der Waals surface area contributed by atoms with E-state index in [2.05, 4.69) is 27.8 Å². The number of aliphatic hydroxyl groups excluding tert-OH is 1. The van der Waals surface area contributed by atoms with Crippen LogP contribution in [0.15, 0.2) is 4.99 Å². The predicted molar refractivity (Wildman–Crippen MR) is 97.2 cm³/mol. The van der Waals surface area contributed by atoms with Gasteiger partial charge in [-0.25, -0.2) is 4.98 Å². The zero-order valence-electron chi connectivity index (χ0n) is 15.3. The van der Waals surface area contributed by atoms with Crippen LogP contribution in [0.5, 0.6) is 0 Å². The molecule has 3 atom stereocenters. The van der Waals surface area contributed by atoms with E-state index in [0.717, 1.165) is 19.3 Å². The minimum atomic E-state index is -0.813. The number of ether oxygens (including phenoxy) is 1. The first-order chi connectivity index (χ1) is 11.8. The summed E-state index contributed by atoms with van der Waals surface area (Å²) in [5, 5.41) is 8.87. The zero-order chi connectivity index (χ0) is 19.0. The van der Waals surface area contributed by atoms with Crippen LogP contribution in [-0.4, -0.2) is 39.6 Å². The van der Waals surface area contributed by atoms with E-state index >= 15 is 0 Å². The molecule has 1 aromatic rings. The van der Waals surface area contributed by atoms with Crippen molar-refractivity contribution < 1.29 is 14.2 Å². The lowest BCUT2D eigenvalue weighted by Gasteiger charge is -2.19. The van der Waals surface area contributed by atoms with Gasteiger partial charge in [0, 0.05) is 6.21 Å². The third-order valence-corrected chi connectivity index (χ3v) is 4.06. The number of nitrogens with two attached hydrogens (primary N) is 1. The van der Waals surface area contributed by atoms with E-state index in [1.54, 1.807) is 13.1 Å². The Bertz CT molecular complexity index is 621. The van der Waals surface area contributed by atoms with Gasteiger partial charge in [-0.15, -0.1) is 6.42 Å². The molecule has 1 aliphatic heterocycles. The van der Waals surface area contributed by atoms with E-state index in [-0.39, 0.29) is 18.5 Å². The number of halogens is 1. The summed E-state index contributed by atoms with van der Waals surface area (Å²) in [6.45, 7) is 7.67. The van der Waals surface area contributed by atoms with Gasteiger partial charge in [0.05, 0.1) is 18.4 Å². The van der Waals surface area contributed by atoms with Crippen LogP contribution < -0.4 is 5.73 Å². The Morgan fingerprint density at radius 1 is 1.60 bits per heavy atom. The van der Waals surface area contributed by atoms with E-state index in [1.165, 1.54) is 0 Å². The molecular formula is C18H27FN4O2. The summed E-state index contributed by atoms with van der Waals surface area (Å²) in [5.41, 5.74) is 5.79. The van der Waals surface area contributed by atoms with Crippen LogP contribution in [0, 0.1) is 31.3 Å². The molecule has 0 bridgehead atoms. The third kappa shape index (κ3) is 6.07. The highest BCUT2D eigenvalue weighted by Crippen LogP contribution is 2.28. The number of nitrogens with zero attached hydrogens (tertiary/aromatic N) is 3. The molecule has 1 aromatic heterocycles. The second-order valence-electron chi connectivity index (χ2n) is 6.24. The van der Waals surface area contributed by atoms with Crippen molar-refractivity contribution in [1.82, 2.24) is 9.97 Å². The second kappa shape index (κ2) is 9.44. The Morgan fingerprint density at radius 2 is 2.28 bits per heavy atom. The lowest BCUT2D eigenvalue weighted by atomic mass is 10.0. The molecule has 0 radical (unpaired) electrons. The van der Waals surface area contributed by atoms with Crippen molar-refractivity contribution in [1.29, 1.82) is 0 Å². The largest absolute Gasteiger partial charge is 0.392 e. The van der Waals surface area contributed by atoms with Gasteiger partial charge in [0.15, 0.2) is 11.4 Å². The van der Waals surface area contributed by atoms with Gasteiger partial charge in [-0.2, -0.15) is 9.37 Å². The molecule has 0 saturated carbocycles. The molecule has 0 amide bonds. The van der Waals surface area contributed by atoms with E-state index in [1.807, 2.05) is 13.8 Å². The molecule has 2 rings (SSSR count). The van der Waals surface area contributed by atoms with Crippen LogP contribution in [0.1, 0.15) is 45.7 Å². The van der Waals surface area contributed by atoms with Crippen molar-refractivity contribution in [2.75, 3.05) is 12.3 Å². The average molecular weight is 350 g/mol. The number of hydrogen-bond acceptors (Lipinski definition) is 6. The van der Waals surface area contributed by atoms with Gasteiger partial charge in [0.25, 0.3) is 0 Å². The fraction of sp³-hybridized carbons (Fsp3) is 0.611. The van der Waals surface area contributed by atoms with Gasteiger partial charge in [0.2, 0.25) is 0 Å². The molecule has 6 nitrogen and oxygen atoms in total. The molecule has 2 heterocycles. The number of hydrogen-bond donors (Lipinski definition) is 2. The molecule has 0 spiro atoms. The number of anilines is 1. The van der Waals surface area contributed by atoms with Gasteiger partial charge in [-0.05, 0) is 39.0 Å². The SMILES string of the molecule is C#CC1(CO)CCC(C)O1.CCC(C)C=Nc1c(C)nc(F)nc1N. The summed E-state index contributed by atoms with van der Waals surface area (Å²) >= 11 is 0. The van der Waals surface area contributed by atoms with E-state index in [4.69, 9.17) is 22.0 Å². The van der Waals surface area contributed by atoms with Crippen LogP contribution >= 0.6 is 0 Å². The Labute approximate surface area is 148 Å². The molecule has 3 unspecified atom stereocenters. The summed E-state index contributed by atoms with van der Waals surface area (Å²) < 4.78 is 18.1. The molecule has 0 aliphatic carbocycles. The lowest BCUT2D eigenvalue weighted by Crippen LogP contribution is -2.31. The summed E-state index contributed by atoms with van der Waals surface area (Å²) in [7, 11) is 0. The van der Waals surface area contributed by atoms with Gasteiger partial charge < -0.3 is 15.6 Å². The van der Waals surface area contributed by atoms with Crippen molar-refractivity contribution in [2.24, 2.45) is 10.9 Å². The number of terminal acetylenes is 1. The molecule has 25 heavy (non-hydrogen) atoms. The van der Waals surface area contributed by atoms with Crippen molar-refractivity contribution in [3.8, 4) is 12.3 Å². The minimum Gasteiger partial charge on any atom is -0.392 e. The Balaban J connectivity index is 0.000000271. The summed E-state index contributed by atoms with van der Waals surface area (Å²) in [6.07, 6.45) is 9.09. The van der Waals surface area contributed by atoms with Crippen LogP contribution in [0.2, 0.25) is 0 Å². The number of aryl methyl sites for hydroxylation is 1. The lowest BCUT2D eigenvalue weighted by molar-refractivity contribution is -0.0274. The molecular weight excluding hydrogens is 323 g/mol. The molecule has 138 valence electrons. The van der Waals surface area contributed by atoms with Crippen LogP contribution in [0.4, 0.5) is 15.9 Å². The number of aliphatic hydroxyl groups is 1. The Morgan fingerprint density at radius 3 is 2.68 bits per heavy atom. The van der Waals surface area contributed by atoms with Gasteiger partial charge in [-0.3, -0.25) is 4.99 Å². The predicted octanol–water partition coefficient (Wildman–Crippen LogP) is 2.80. The molecule has 0 aromatic carbocycles. The Kier molecular flexibility index (Phi) is 7.94. The smallest absolute Gasteiger partial charge is 0.310 e. The monoisotopic (exact) mass is 350 g/mol. The van der Waals surface area contributed by atoms with Gasteiger partial charge >= 0.3 is 6.08 Å². The van der Waals surface area contributed by atoms with Gasteiger partial charge in [0.1, 0.15) is 5.69 Å². The highest BCUT2D eigenvalue weighted by Gasteiger charge is 2.35. The Hall–Kier alpha value is -2.04. The highest BCUT2D eigenvalue weighted by atomic mass is 19.1. The summed E-state index contributed by atoms with van der Waals surface area (Å²) in [4.78, 5) is 11.2. The van der Waals surface area contributed by atoms with Crippen molar-refractivity contribution >= 4 is 17.7 Å². The first-order valence-electron chi connectivity index (χ1n) is 8.37. The summed E-state index contributed by atoms with van der Waals surface area (Å²) in [5.74, 6) is 2.92. The first-order valence-corrected chi connectivity index (χ1v) is 8.37. The average Bonchev–Trinajstić information content (AvgIpc) is 2.96. The van der Waals surface area contributed by atoms with Crippen LogP contribution in [0.3, 0.4) is 0 Å². The topological polar surface area (TPSA) is 93.6 Å². The van der Waals surface area contributed by atoms with Crippen molar-refractivity contribution in [3.05, 3.63) is 11.8 Å². The number of aromatic nitrogens is 2. The standard InChI is InChI=1S/C10H15FN4.C8H12O2/c1-4-6(2)5-13-8-7(3)14-10(11)15-9(8)12;1-3-8(6-9)5-4-7(2)10-8/h5-6H,4H2,1-3H3,(H2,12,14,15);1,7,9H,4-6H2,2H3. The second-order valence-corrected chi connectivity index (χ2v) is 6.24. The molecule has 1 saturated heterocycles. The number of nitrogen functional groups attached to an aromatic ring is 1. The van der Waals surface area contributed by atoms with Crippen LogP contribution in [-0.2, 0) is 4.74 Å². The maximum atomic E-state index is 12.7. The summed E-state index contributed by atoms with van der Waals surface area (Å²) in [6, 6.07) is 0. The maximum absolute atomic E-state index is 12.7. The fourth-order valence-corrected chi connectivity index (χ4v) is 2.23. The van der Waals surface area contributed by atoms with E-state index in [0.29, 0.717) is 17.3 Å².